The number of allylic oxidation sites excluding steroid dienone is 1. The van der Waals surface area contributed by atoms with Crippen LogP contribution in [0.15, 0.2) is 36.4 Å². The Bertz CT molecular complexity index is 1120. The Morgan fingerprint density at radius 1 is 1.25 bits per heavy atom. The fourth-order valence-electron chi connectivity index (χ4n) is 4.00. The average Bonchev–Trinajstić information content (AvgIpc) is 3.14. The zero-order valence-corrected chi connectivity index (χ0v) is 15.5. The monoisotopic (exact) mass is 375 g/mol. The Morgan fingerprint density at radius 2 is 2.14 bits per heavy atom. The maximum atomic E-state index is 12.4. The summed E-state index contributed by atoms with van der Waals surface area (Å²) in [6.07, 6.45) is 4.76. The molecule has 0 fully saturated rings. The first kappa shape index (κ1) is 16.9. The van der Waals surface area contributed by atoms with E-state index in [1.807, 2.05) is 43.3 Å². The van der Waals surface area contributed by atoms with Gasteiger partial charge in [-0.1, -0.05) is 24.3 Å². The molecule has 7 heteroatoms. The summed E-state index contributed by atoms with van der Waals surface area (Å²) in [5, 5.41) is 16.1. The molecule has 7 nitrogen and oxygen atoms in total. The SMILES string of the molecule is Cc1nc2cccc3c2nc1N[C@@H](CO)/C=C/C[C@H]1CNC(=O)c2cc-3[nH]c21. The van der Waals surface area contributed by atoms with Gasteiger partial charge in [0.05, 0.1) is 29.4 Å². The van der Waals surface area contributed by atoms with Crippen LogP contribution in [0.3, 0.4) is 0 Å². The maximum absolute atomic E-state index is 12.4. The molecule has 0 radical (unpaired) electrons. The molecule has 0 saturated carbocycles. The van der Waals surface area contributed by atoms with E-state index in [0.29, 0.717) is 17.9 Å². The second-order valence-electron chi connectivity index (χ2n) is 7.35. The molecular formula is C21H21N5O2. The van der Waals surface area contributed by atoms with E-state index in [0.717, 1.165) is 40.1 Å². The van der Waals surface area contributed by atoms with Crippen molar-refractivity contribution in [2.75, 3.05) is 18.5 Å². The number of aromatic amines is 1. The van der Waals surface area contributed by atoms with Crippen LogP contribution >= 0.6 is 0 Å². The third-order valence-electron chi connectivity index (χ3n) is 5.48. The summed E-state index contributed by atoms with van der Waals surface area (Å²) < 4.78 is 0. The predicted octanol–water partition coefficient (Wildman–Crippen LogP) is 2.49. The summed E-state index contributed by atoms with van der Waals surface area (Å²) in [5.74, 6) is 0.756. The molecule has 0 unspecified atom stereocenters. The number of aryl methyl sites for hydroxylation is 1. The number of aliphatic hydroxyl groups is 1. The van der Waals surface area contributed by atoms with Crippen molar-refractivity contribution in [1.82, 2.24) is 20.3 Å². The zero-order valence-electron chi connectivity index (χ0n) is 15.5. The summed E-state index contributed by atoms with van der Waals surface area (Å²) in [6, 6.07) is 7.53. The van der Waals surface area contributed by atoms with Crippen LogP contribution in [0.4, 0.5) is 5.82 Å². The lowest BCUT2D eigenvalue weighted by atomic mass is 9.94. The minimum absolute atomic E-state index is 0.0456. The third kappa shape index (κ3) is 2.66. The van der Waals surface area contributed by atoms with E-state index in [1.54, 1.807) is 0 Å². The first-order valence-electron chi connectivity index (χ1n) is 9.47. The Balaban J connectivity index is 1.78. The third-order valence-corrected chi connectivity index (χ3v) is 5.48. The fourth-order valence-corrected chi connectivity index (χ4v) is 4.00. The summed E-state index contributed by atoms with van der Waals surface area (Å²) >= 11 is 0. The van der Waals surface area contributed by atoms with Gasteiger partial charge in [0.1, 0.15) is 11.3 Å². The van der Waals surface area contributed by atoms with Crippen molar-refractivity contribution in [2.45, 2.75) is 25.3 Å². The summed E-state index contributed by atoms with van der Waals surface area (Å²) in [4.78, 5) is 25.4. The molecule has 0 aliphatic carbocycles. The van der Waals surface area contributed by atoms with Crippen molar-refractivity contribution in [1.29, 1.82) is 0 Å². The number of carbonyl (C=O) groups is 1. The van der Waals surface area contributed by atoms with Crippen LogP contribution in [0.25, 0.3) is 22.3 Å². The molecule has 2 aliphatic heterocycles. The molecule has 4 bridgehead atoms. The molecule has 2 aliphatic rings. The molecular weight excluding hydrogens is 354 g/mol. The van der Waals surface area contributed by atoms with Gasteiger partial charge in [0.25, 0.3) is 5.91 Å². The number of nitrogens with one attached hydrogen (secondary N) is 3. The Labute approximate surface area is 161 Å². The molecule has 4 heterocycles. The Kier molecular flexibility index (Phi) is 3.91. The average molecular weight is 375 g/mol. The standard InChI is InChI=1S/C21H21N5O2/c1-11-20-24-13(10-27)5-2-4-12-9-22-21(28)15-8-17(25-18(12)15)14-6-3-7-16(23-11)19(14)26-20/h2-3,5-8,12-13,25,27H,4,9-10H2,1H3,(H,22,28)(H,24,26)/b5-2+/t12-,13+/m0/s1. The molecule has 142 valence electrons. The highest BCUT2D eigenvalue weighted by Crippen LogP contribution is 2.34. The fraction of sp³-hybridized carbons (Fsp3) is 0.286. The largest absolute Gasteiger partial charge is 0.394 e. The highest BCUT2D eigenvalue weighted by molar-refractivity contribution is 6.00. The lowest BCUT2D eigenvalue weighted by Gasteiger charge is -2.22. The highest BCUT2D eigenvalue weighted by atomic mass is 16.3. The van der Waals surface area contributed by atoms with Crippen LogP contribution in [0.2, 0.25) is 0 Å². The second-order valence-corrected chi connectivity index (χ2v) is 7.35. The molecule has 5 rings (SSSR count). The van der Waals surface area contributed by atoms with Gasteiger partial charge in [-0.05, 0) is 25.5 Å². The smallest absolute Gasteiger partial charge is 0.253 e. The summed E-state index contributed by atoms with van der Waals surface area (Å²) in [7, 11) is 0. The van der Waals surface area contributed by atoms with E-state index in [1.165, 1.54) is 0 Å². The maximum Gasteiger partial charge on any atom is 0.253 e. The predicted molar refractivity (Wildman–Crippen MR) is 107 cm³/mol. The Hall–Kier alpha value is -3.19. The number of anilines is 1. The van der Waals surface area contributed by atoms with Gasteiger partial charge in [0.2, 0.25) is 0 Å². The van der Waals surface area contributed by atoms with E-state index >= 15 is 0 Å². The van der Waals surface area contributed by atoms with Gasteiger partial charge >= 0.3 is 0 Å². The van der Waals surface area contributed by atoms with E-state index in [-0.39, 0.29) is 24.5 Å². The van der Waals surface area contributed by atoms with Gasteiger partial charge < -0.3 is 20.7 Å². The quantitative estimate of drug-likeness (QED) is 0.490. The van der Waals surface area contributed by atoms with Crippen molar-refractivity contribution in [2.24, 2.45) is 0 Å². The number of hydrogen-bond acceptors (Lipinski definition) is 5. The van der Waals surface area contributed by atoms with Crippen LogP contribution in [0.5, 0.6) is 0 Å². The van der Waals surface area contributed by atoms with Crippen LogP contribution in [0, 0.1) is 6.92 Å². The van der Waals surface area contributed by atoms with Crippen LogP contribution in [0.1, 0.15) is 34.1 Å². The number of hydrogen-bond donors (Lipinski definition) is 4. The van der Waals surface area contributed by atoms with Gasteiger partial charge in [-0.3, -0.25) is 4.79 Å². The minimum Gasteiger partial charge on any atom is -0.394 e. The topological polar surface area (TPSA) is 103 Å². The van der Waals surface area contributed by atoms with E-state index in [4.69, 9.17) is 9.97 Å². The summed E-state index contributed by atoms with van der Waals surface area (Å²) in [6.45, 7) is 2.45. The number of para-hydroxylation sites is 1. The molecule has 3 aromatic rings. The van der Waals surface area contributed by atoms with Crippen LogP contribution in [-0.2, 0) is 0 Å². The summed E-state index contributed by atoms with van der Waals surface area (Å²) in [5.41, 5.74) is 5.73. The lowest BCUT2D eigenvalue weighted by molar-refractivity contribution is 0.0940. The second kappa shape index (κ2) is 6.45. The van der Waals surface area contributed by atoms with E-state index < -0.39 is 0 Å². The number of aromatic nitrogens is 3. The molecule has 2 atom stereocenters. The molecule has 1 amide bonds. The van der Waals surface area contributed by atoms with Gasteiger partial charge in [-0.25, -0.2) is 9.97 Å². The number of carbonyl (C=O) groups excluding carboxylic acids is 1. The molecule has 28 heavy (non-hydrogen) atoms. The number of nitrogens with zero attached hydrogens (tertiary/aromatic N) is 2. The van der Waals surface area contributed by atoms with Gasteiger partial charge in [-0.2, -0.15) is 0 Å². The van der Waals surface area contributed by atoms with Gasteiger partial charge in [0, 0.05) is 29.4 Å². The first-order valence-corrected chi connectivity index (χ1v) is 9.47. The van der Waals surface area contributed by atoms with Crippen LogP contribution < -0.4 is 10.6 Å². The number of rotatable bonds is 1. The van der Waals surface area contributed by atoms with Crippen molar-refractivity contribution in [3.63, 3.8) is 0 Å². The molecule has 2 aromatic heterocycles. The van der Waals surface area contributed by atoms with E-state index in [2.05, 4.69) is 15.6 Å². The normalized spacial score (nSPS) is 22.0. The van der Waals surface area contributed by atoms with Gasteiger partial charge in [0.15, 0.2) is 0 Å². The Morgan fingerprint density at radius 3 is 3.00 bits per heavy atom. The number of aliphatic hydroxyl groups excluding tert-OH is 1. The molecule has 0 saturated heterocycles. The van der Waals surface area contributed by atoms with Gasteiger partial charge in [-0.15, -0.1) is 0 Å². The number of fused-ring (bicyclic) bond motifs is 3. The van der Waals surface area contributed by atoms with E-state index in [9.17, 15) is 9.90 Å². The van der Waals surface area contributed by atoms with Crippen molar-refractivity contribution in [3.8, 4) is 11.3 Å². The van der Waals surface area contributed by atoms with Crippen LogP contribution in [-0.4, -0.2) is 45.2 Å². The molecule has 1 aromatic carbocycles. The minimum atomic E-state index is -0.255. The molecule has 0 spiro atoms. The van der Waals surface area contributed by atoms with Crippen molar-refractivity contribution < 1.29 is 9.90 Å². The highest BCUT2D eigenvalue weighted by Gasteiger charge is 2.28. The zero-order chi connectivity index (χ0) is 19.3. The van der Waals surface area contributed by atoms with Crippen molar-refractivity contribution >= 4 is 22.8 Å². The number of amides is 1. The molecule has 4 N–H and O–H groups in total. The number of H-pyrrole nitrogens is 1. The first-order chi connectivity index (χ1) is 13.6. The number of benzene rings is 1. The van der Waals surface area contributed by atoms with Crippen molar-refractivity contribution in [3.05, 3.63) is 53.4 Å². The lowest BCUT2D eigenvalue weighted by Crippen LogP contribution is -2.34.